The van der Waals surface area contributed by atoms with Crippen molar-refractivity contribution in [3.8, 4) is 0 Å². The molecule has 0 saturated heterocycles. The van der Waals surface area contributed by atoms with E-state index >= 15 is 0 Å². The van der Waals surface area contributed by atoms with Crippen LogP contribution in [0.1, 0.15) is 12.5 Å². The first-order chi connectivity index (χ1) is 7.16. The predicted octanol–water partition coefficient (Wildman–Crippen LogP) is 0.316. The average molecular weight is 246 g/mol. The number of carbonyl (C=O) groups is 1. The molecule has 0 aliphatic rings. The summed E-state index contributed by atoms with van der Waals surface area (Å²) >= 11 is 0. The molecule has 0 aliphatic heterocycles. The number of hydrogen-bond acceptors (Lipinski definition) is 4. The first kappa shape index (κ1) is 14.4. The summed E-state index contributed by atoms with van der Waals surface area (Å²) in [5.41, 5.74) is 6.21. The van der Waals surface area contributed by atoms with Gasteiger partial charge >= 0.3 is 0 Å². The second kappa shape index (κ2) is 5.47. The Morgan fingerprint density at radius 2 is 1.81 bits per heavy atom. The van der Waals surface area contributed by atoms with Crippen LogP contribution in [0.3, 0.4) is 0 Å². The van der Waals surface area contributed by atoms with E-state index in [0.29, 0.717) is 5.56 Å². The van der Waals surface area contributed by atoms with Gasteiger partial charge in [0.15, 0.2) is 0 Å². The number of hydrogen-bond donors (Lipinski definition) is 3. The number of carboxylic acid groups (broad SMARTS) is 1. The molecule has 0 fully saturated rings. The molecule has 0 heterocycles. The molecule has 0 atom stereocenters. The Bertz CT molecular complexity index is 458. The van der Waals surface area contributed by atoms with Gasteiger partial charge in [0.25, 0.3) is 5.97 Å². The van der Waals surface area contributed by atoms with Crippen molar-refractivity contribution in [3.63, 3.8) is 0 Å². The van der Waals surface area contributed by atoms with Gasteiger partial charge in [-0.05, 0) is 18.6 Å². The first-order valence-corrected chi connectivity index (χ1v) is 5.78. The topological polar surface area (TPSA) is 123 Å². The average Bonchev–Trinajstić information content (AvgIpc) is 1.98. The molecular formula is C9H14N2O4S. The molecule has 0 amide bonds. The van der Waals surface area contributed by atoms with E-state index in [1.165, 1.54) is 6.07 Å². The molecular weight excluding hydrogens is 232 g/mol. The number of rotatable bonds is 1. The maximum atomic E-state index is 11.0. The van der Waals surface area contributed by atoms with Crippen molar-refractivity contribution in [2.24, 2.45) is 5.14 Å². The van der Waals surface area contributed by atoms with Gasteiger partial charge in [0.2, 0.25) is 10.0 Å². The Balaban J connectivity index is 0.000000487. The summed E-state index contributed by atoms with van der Waals surface area (Å²) in [7, 11) is -3.69. The maximum absolute atomic E-state index is 11.0. The van der Waals surface area contributed by atoms with Crippen LogP contribution >= 0.6 is 0 Å². The van der Waals surface area contributed by atoms with Crippen LogP contribution in [0, 0.1) is 6.92 Å². The summed E-state index contributed by atoms with van der Waals surface area (Å²) in [5.74, 6) is -0.833. The summed E-state index contributed by atoms with van der Waals surface area (Å²) < 4.78 is 21.9. The molecule has 7 heteroatoms. The number of benzene rings is 1. The Kier molecular flexibility index (Phi) is 4.93. The number of primary sulfonamides is 1. The SMILES string of the molecule is CC(=O)O.Cc1cccc(N)c1S(N)(=O)=O. The van der Waals surface area contributed by atoms with Crippen LogP contribution in [-0.2, 0) is 14.8 Å². The van der Waals surface area contributed by atoms with Crippen molar-refractivity contribution in [2.75, 3.05) is 5.73 Å². The third-order valence-electron chi connectivity index (χ3n) is 1.53. The number of nitrogens with two attached hydrogens (primary N) is 2. The molecule has 6 nitrogen and oxygen atoms in total. The Hall–Kier alpha value is -1.60. The van der Waals surface area contributed by atoms with Crippen molar-refractivity contribution in [1.29, 1.82) is 0 Å². The summed E-state index contributed by atoms with van der Waals surface area (Å²) in [6.45, 7) is 2.73. The van der Waals surface area contributed by atoms with Gasteiger partial charge in [-0.25, -0.2) is 13.6 Å². The van der Waals surface area contributed by atoms with E-state index in [2.05, 4.69) is 0 Å². The number of aliphatic carboxylic acids is 1. The molecule has 1 aromatic rings. The smallest absolute Gasteiger partial charge is 0.300 e. The van der Waals surface area contributed by atoms with Crippen LogP contribution in [-0.4, -0.2) is 19.5 Å². The standard InChI is InChI=1S/C7H10N2O2S.C2H4O2/c1-5-3-2-4-6(8)7(5)12(9,10)11;1-2(3)4/h2-4H,8H2,1H3,(H2,9,10,11);1H3,(H,3,4). The second-order valence-corrected chi connectivity index (χ2v) is 4.56. The van der Waals surface area contributed by atoms with Crippen molar-refractivity contribution in [3.05, 3.63) is 23.8 Å². The second-order valence-electron chi connectivity index (χ2n) is 3.06. The molecule has 0 aromatic heterocycles. The zero-order chi connectivity index (χ0) is 12.9. The van der Waals surface area contributed by atoms with Gasteiger partial charge in [-0.1, -0.05) is 12.1 Å². The molecule has 0 saturated carbocycles. The van der Waals surface area contributed by atoms with Crippen LogP contribution in [0.15, 0.2) is 23.1 Å². The van der Waals surface area contributed by atoms with Crippen LogP contribution in [0.5, 0.6) is 0 Å². The molecule has 0 bridgehead atoms. The third kappa shape index (κ3) is 4.76. The maximum Gasteiger partial charge on any atom is 0.300 e. The van der Waals surface area contributed by atoms with Gasteiger partial charge in [-0.3, -0.25) is 4.79 Å². The molecule has 0 aliphatic carbocycles. The Morgan fingerprint density at radius 3 is 2.06 bits per heavy atom. The third-order valence-corrected chi connectivity index (χ3v) is 2.65. The number of sulfonamides is 1. The zero-order valence-electron chi connectivity index (χ0n) is 8.97. The minimum absolute atomic E-state index is 0.0185. The van der Waals surface area contributed by atoms with E-state index in [1.807, 2.05) is 0 Å². The molecule has 16 heavy (non-hydrogen) atoms. The molecule has 1 aromatic carbocycles. The molecule has 0 spiro atoms. The number of anilines is 1. The fraction of sp³-hybridized carbons (Fsp3) is 0.222. The fourth-order valence-electron chi connectivity index (χ4n) is 1.06. The molecule has 0 unspecified atom stereocenters. The van der Waals surface area contributed by atoms with E-state index in [1.54, 1.807) is 19.1 Å². The van der Waals surface area contributed by atoms with Crippen LogP contribution in [0.2, 0.25) is 0 Å². The quantitative estimate of drug-likeness (QED) is 0.615. The summed E-state index contributed by atoms with van der Waals surface area (Å²) in [6.07, 6.45) is 0. The highest BCUT2D eigenvalue weighted by Gasteiger charge is 2.13. The lowest BCUT2D eigenvalue weighted by molar-refractivity contribution is -0.134. The summed E-state index contributed by atoms with van der Waals surface area (Å²) in [5, 5.41) is 12.4. The lowest BCUT2D eigenvalue weighted by Gasteiger charge is -2.05. The van der Waals surface area contributed by atoms with Crippen LogP contribution in [0.25, 0.3) is 0 Å². The minimum Gasteiger partial charge on any atom is -0.481 e. The normalized spacial score (nSPS) is 10.2. The van der Waals surface area contributed by atoms with Crippen LogP contribution in [0.4, 0.5) is 5.69 Å². The molecule has 0 radical (unpaired) electrons. The highest BCUT2D eigenvalue weighted by molar-refractivity contribution is 7.89. The first-order valence-electron chi connectivity index (χ1n) is 4.23. The fourth-order valence-corrected chi connectivity index (χ4v) is 1.98. The van der Waals surface area contributed by atoms with E-state index in [-0.39, 0.29) is 10.6 Å². The summed E-state index contributed by atoms with van der Waals surface area (Å²) in [6, 6.07) is 4.84. The minimum atomic E-state index is -3.69. The predicted molar refractivity (Wildman–Crippen MR) is 60.3 cm³/mol. The van der Waals surface area contributed by atoms with Crippen molar-refractivity contribution >= 4 is 21.7 Å². The van der Waals surface area contributed by atoms with Gasteiger partial charge in [-0.2, -0.15) is 0 Å². The van der Waals surface area contributed by atoms with Gasteiger partial charge in [-0.15, -0.1) is 0 Å². The monoisotopic (exact) mass is 246 g/mol. The lowest BCUT2D eigenvalue weighted by Crippen LogP contribution is -2.15. The molecule has 5 N–H and O–H groups in total. The van der Waals surface area contributed by atoms with E-state index in [0.717, 1.165) is 6.92 Å². The number of aryl methyl sites for hydroxylation is 1. The van der Waals surface area contributed by atoms with Gasteiger partial charge in [0, 0.05) is 6.92 Å². The van der Waals surface area contributed by atoms with E-state index in [9.17, 15) is 8.42 Å². The Morgan fingerprint density at radius 1 is 1.38 bits per heavy atom. The van der Waals surface area contributed by atoms with Crippen molar-refractivity contribution < 1.29 is 18.3 Å². The van der Waals surface area contributed by atoms with Crippen molar-refractivity contribution in [2.45, 2.75) is 18.7 Å². The highest BCUT2D eigenvalue weighted by atomic mass is 32.2. The van der Waals surface area contributed by atoms with Gasteiger partial charge < -0.3 is 10.8 Å². The zero-order valence-corrected chi connectivity index (χ0v) is 9.78. The largest absolute Gasteiger partial charge is 0.481 e. The molecule has 1 rings (SSSR count). The van der Waals surface area contributed by atoms with Gasteiger partial charge in [0.05, 0.1) is 5.69 Å². The van der Waals surface area contributed by atoms with Gasteiger partial charge in [0.1, 0.15) is 4.90 Å². The van der Waals surface area contributed by atoms with E-state index < -0.39 is 16.0 Å². The summed E-state index contributed by atoms with van der Waals surface area (Å²) in [4.78, 5) is 9.02. The molecule has 90 valence electrons. The van der Waals surface area contributed by atoms with Crippen LogP contribution < -0.4 is 10.9 Å². The Labute approximate surface area is 93.9 Å². The number of nitrogen functional groups attached to an aromatic ring is 1. The lowest BCUT2D eigenvalue weighted by atomic mass is 10.2. The van der Waals surface area contributed by atoms with Crippen molar-refractivity contribution in [1.82, 2.24) is 0 Å². The van der Waals surface area contributed by atoms with E-state index in [4.69, 9.17) is 20.8 Å². The number of carboxylic acids is 1. The highest BCUT2D eigenvalue weighted by Crippen LogP contribution is 2.19.